The van der Waals surface area contributed by atoms with Crippen LogP contribution in [0.4, 0.5) is 0 Å². The Kier molecular flexibility index (Phi) is 4.99. The maximum Gasteiger partial charge on any atom is 0.246 e. The topological polar surface area (TPSA) is 59.6 Å². The first-order chi connectivity index (χ1) is 11.2. The molecule has 126 valence electrons. The Morgan fingerprint density at radius 3 is 2.78 bits per heavy atom. The number of hydrogen-bond acceptors (Lipinski definition) is 4. The third-order valence-corrected chi connectivity index (χ3v) is 5.18. The second kappa shape index (κ2) is 6.99. The molecular formula is C18H26N2O3. The van der Waals surface area contributed by atoms with Gasteiger partial charge in [0.1, 0.15) is 6.61 Å². The second-order valence-electron chi connectivity index (χ2n) is 6.33. The maximum atomic E-state index is 12.2. The molecular weight excluding hydrogens is 292 g/mol. The zero-order valence-electron chi connectivity index (χ0n) is 13.9. The van der Waals surface area contributed by atoms with E-state index in [1.54, 1.807) is 7.11 Å². The highest BCUT2D eigenvalue weighted by Crippen LogP contribution is 2.51. The summed E-state index contributed by atoms with van der Waals surface area (Å²) in [6, 6.07) is 8.32. The number of methoxy groups -OCH3 is 1. The largest absolute Gasteiger partial charge is 0.378 e. The molecule has 1 aromatic rings. The minimum atomic E-state index is -0.109. The minimum absolute atomic E-state index is 0.0137. The third-order valence-electron chi connectivity index (χ3n) is 5.18. The van der Waals surface area contributed by atoms with E-state index >= 15 is 0 Å². The molecule has 3 rings (SSSR count). The third kappa shape index (κ3) is 2.89. The molecule has 5 heteroatoms. The van der Waals surface area contributed by atoms with E-state index in [-0.39, 0.29) is 30.1 Å². The molecule has 1 fully saturated rings. The second-order valence-corrected chi connectivity index (χ2v) is 6.33. The standard InChI is InChI=1S/C18H26N2O3/c1-3-23-12-15(21)20-16-13-6-4-5-7-14(13)18(17(16)22-2)8-10-19-11-9-18/h4-7,16-17,19H,3,8-12H2,1-2H3,(H,20,21)/t16-,17+/m0/s1. The molecule has 0 aromatic heterocycles. The van der Waals surface area contributed by atoms with Crippen LogP contribution in [-0.4, -0.2) is 45.4 Å². The number of ether oxygens (including phenoxy) is 2. The van der Waals surface area contributed by atoms with E-state index in [4.69, 9.17) is 9.47 Å². The summed E-state index contributed by atoms with van der Waals surface area (Å²) in [6.45, 7) is 4.49. The fourth-order valence-electron chi connectivity index (χ4n) is 4.21. The summed E-state index contributed by atoms with van der Waals surface area (Å²) < 4.78 is 11.2. The Morgan fingerprint density at radius 1 is 1.35 bits per heavy atom. The first-order valence-corrected chi connectivity index (χ1v) is 8.43. The van der Waals surface area contributed by atoms with Gasteiger partial charge in [0.2, 0.25) is 5.91 Å². The number of fused-ring (bicyclic) bond motifs is 2. The van der Waals surface area contributed by atoms with Gasteiger partial charge in [0.25, 0.3) is 0 Å². The Bertz CT molecular complexity index is 555. The van der Waals surface area contributed by atoms with Gasteiger partial charge in [0.05, 0.1) is 12.1 Å². The van der Waals surface area contributed by atoms with E-state index in [9.17, 15) is 4.79 Å². The van der Waals surface area contributed by atoms with Gasteiger partial charge in [-0.05, 0) is 44.0 Å². The highest BCUT2D eigenvalue weighted by atomic mass is 16.5. The predicted octanol–water partition coefficient (Wildman–Crippen LogP) is 1.53. The lowest BCUT2D eigenvalue weighted by Gasteiger charge is -2.40. The Morgan fingerprint density at radius 2 is 2.09 bits per heavy atom. The van der Waals surface area contributed by atoms with Crippen molar-refractivity contribution in [3.8, 4) is 0 Å². The molecule has 1 saturated heterocycles. The fourth-order valence-corrected chi connectivity index (χ4v) is 4.21. The number of benzene rings is 1. The van der Waals surface area contributed by atoms with Crippen LogP contribution in [0.1, 0.15) is 36.9 Å². The van der Waals surface area contributed by atoms with Gasteiger partial charge in [-0.15, -0.1) is 0 Å². The van der Waals surface area contributed by atoms with Crippen molar-refractivity contribution in [3.63, 3.8) is 0 Å². The molecule has 1 aliphatic carbocycles. The van der Waals surface area contributed by atoms with Crippen LogP contribution in [0.25, 0.3) is 0 Å². The molecule has 2 aliphatic rings. The van der Waals surface area contributed by atoms with Crippen LogP contribution in [0, 0.1) is 0 Å². The van der Waals surface area contributed by atoms with E-state index in [1.807, 2.05) is 13.0 Å². The highest BCUT2D eigenvalue weighted by molar-refractivity contribution is 5.78. The van der Waals surface area contributed by atoms with Crippen LogP contribution in [0.2, 0.25) is 0 Å². The SMILES string of the molecule is CCOCC(=O)N[C@H]1c2ccccc2C2(CCNCC2)[C@@H]1OC. The summed E-state index contributed by atoms with van der Waals surface area (Å²) in [6.07, 6.45) is 2.02. The summed E-state index contributed by atoms with van der Waals surface area (Å²) in [5.41, 5.74) is 2.50. The molecule has 0 radical (unpaired) electrons. The number of nitrogens with one attached hydrogen (secondary N) is 2. The van der Waals surface area contributed by atoms with E-state index in [2.05, 4.69) is 28.8 Å². The molecule has 2 N–H and O–H groups in total. The van der Waals surface area contributed by atoms with E-state index in [0.717, 1.165) is 25.9 Å². The number of amides is 1. The zero-order chi connectivity index (χ0) is 16.3. The quantitative estimate of drug-likeness (QED) is 0.864. The van der Waals surface area contributed by atoms with E-state index < -0.39 is 0 Å². The van der Waals surface area contributed by atoms with Crippen LogP contribution in [0.3, 0.4) is 0 Å². The molecule has 1 amide bonds. The van der Waals surface area contributed by atoms with Crippen molar-refractivity contribution in [2.24, 2.45) is 0 Å². The van der Waals surface area contributed by atoms with Crippen LogP contribution in [-0.2, 0) is 19.7 Å². The monoisotopic (exact) mass is 318 g/mol. The molecule has 1 aromatic carbocycles. The summed E-state index contributed by atoms with van der Waals surface area (Å²) in [5, 5.41) is 6.57. The molecule has 2 atom stereocenters. The predicted molar refractivity (Wildman–Crippen MR) is 88.4 cm³/mol. The van der Waals surface area contributed by atoms with Gasteiger partial charge < -0.3 is 20.1 Å². The number of rotatable bonds is 5. The Hall–Kier alpha value is -1.43. The van der Waals surface area contributed by atoms with Crippen molar-refractivity contribution in [2.75, 3.05) is 33.4 Å². The normalized spacial score (nSPS) is 25.3. The van der Waals surface area contributed by atoms with Gasteiger partial charge in [-0.2, -0.15) is 0 Å². The summed E-state index contributed by atoms with van der Waals surface area (Å²) >= 11 is 0. The fraction of sp³-hybridized carbons (Fsp3) is 0.611. The van der Waals surface area contributed by atoms with Gasteiger partial charge in [-0.1, -0.05) is 24.3 Å². The van der Waals surface area contributed by atoms with Gasteiger partial charge in [0, 0.05) is 19.1 Å². The molecule has 1 aliphatic heterocycles. The summed E-state index contributed by atoms with van der Waals surface area (Å²) in [5.74, 6) is -0.0836. The van der Waals surface area contributed by atoms with E-state index in [0.29, 0.717) is 6.61 Å². The van der Waals surface area contributed by atoms with Gasteiger partial charge in [-0.25, -0.2) is 0 Å². The number of carbonyl (C=O) groups is 1. The van der Waals surface area contributed by atoms with Crippen molar-refractivity contribution in [1.82, 2.24) is 10.6 Å². The smallest absolute Gasteiger partial charge is 0.246 e. The van der Waals surface area contributed by atoms with Crippen molar-refractivity contribution >= 4 is 5.91 Å². The molecule has 0 unspecified atom stereocenters. The summed E-state index contributed by atoms with van der Waals surface area (Å²) in [7, 11) is 1.75. The average Bonchev–Trinajstić information content (AvgIpc) is 2.83. The van der Waals surface area contributed by atoms with Crippen LogP contribution >= 0.6 is 0 Å². The van der Waals surface area contributed by atoms with Gasteiger partial charge >= 0.3 is 0 Å². The number of piperidine rings is 1. The molecule has 0 bridgehead atoms. The lowest BCUT2D eigenvalue weighted by molar-refractivity contribution is -0.127. The maximum absolute atomic E-state index is 12.2. The summed E-state index contributed by atoms with van der Waals surface area (Å²) in [4.78, 5) is 12.2. The average molecular weight is 318 g/mol. The lowest BCUT2D eigenvalue weighted by atomic mass is 9.72. The molecule has 0 saturated carbocycles. The zero-order valence-corrected chi connectivity index (χ0v) is 13.9. The molecule has 23 heavy (non-hydrogen) atoms. The van der Waals surface area contributed by atoms with E-state index in [1.165, 1.54) is 11.1 Å². The van der Waals surface area contributed by atoms with Crippen molar-refractivity contribution in [1.29, 1.82) is 0 Å². The first kappa shape index (κ1) is 16.4. The highest BCUT2D eigenvalue weighted by Gasteiger charge is 2.53. The van der Waals surface area contributed by atoms with Crippen LogP contribution in [0.5, 0.6) is 0 Å². The Labute approximate surface area is 137 Å². The van der Waals surface area contributed by atoms with Gasteiger partial charge in [-0.3, -0.25) is 4.79 Å². The first-order valence-electron chi connectivity index (χ1n) is 8.43. The van der Waals surface area contributed by atoms with Crippen LogP contribution in [0.15, 0.2) is 24.3 Å². The number of hydrogen-bond donors (Lipinski definition) is 2. The lowest BCUT2D eigenvalue weighted by Crippen LogP contribution is -2.49. The molecule has 1 heterocycles. The number of carbonyl (C=O) groups excluding carboxylic acids is 1. The van der Waals surface area contributed by atoms with Crippen LogP contribution < -0.4 is 10.6 Å². The Balaban J connectivity index is 1.91. The van der Waals surface area contributed by atoms with Crippen molar-refractivity contribution in [3.05, 3.63) is 35.4 Å². The van der Waals surface area contributed by atoms with Crippen molar-refractivity contribution < 1.29 is 14.3 Å². The van der Waals surface area contributed by atoms with Crippen molar-refractivity contribution in [2.45, 2.75) is 37.3 Å². The molecule has 5 nitrogen and oxygen atoms in total. The molecule has 1 spiro atoms. The van der Waals surface area contributed by atoms with Gasteiger partial charge in [0.15, 0.2) is 0 Å². The minimum Gasteiger partial charge on any atom is -0.378 e.